The molecule has 0 saturated heterocycles. The van der Waals surface area contributed by atoms with Crippen LogP contribution in [0.1, 0.15) is 18.6 Å². The molecule has 116 valence electrons. The highest BCUT2D eigenvalue weighted by molar-refractivity contribution is 9.10. The highest BCUT2D eigenvalue weighted by atomic mass is 79.9. The molecule has 0 spiro atoms. The minimum atomic E-state index is -1.38. The van der Waals surface area contributed by atoms with Gasteiger partial charge in [0.1, 0.15) is 0 Å². The summed E-state index contributed by atoms with van der Waals surface area (Å²) in [6, 6.07) is 5.30. The van der Waals surface area contributed by atoms with Crippen LogP contribution in [0.3, 0.4) is 0 Å². The molecule has 1 aromatic carbocycles. The van der Waals surface area contributed by atoms with E-state index in [0.29, 0.717) is 5.56 Å². The smallest absolute Gasteiger partial charge is 0.303 e. The Morgan fingerprint density at radius 2 is 1.76 bits per heavy atom. The Labute approximate surface area is 130 Å². The summed E-state index contributed by atoms with van der Waals surface area (Å²) in [6.45, 7) is 1.19. The molecule has 0 bridgehead atoms. The van der Waals surface area contributed by atoms with Gasteiger partial charge in [-0.05, 0) is 17.7 Å². The van der Waals surface area contributed by atoms with Crippen LogP contribution in [0.5, 0.6) is 0 Å². The van der Waals surface area contributed by atoms with E-state index < -0.39 is 29.3 Å². The summed E-state index contributed by atoms with van der Waals surface area (Å²) < 4.78 is 15.9. The lowest BCUT2D eigenvalue weighted by Gasteiger charge is -2.25. The molecule has 1 aromatic rings. The largest absolute Gasteiger partial charge is 0.450 e. The molecule has 8 heteroatoms. The van der Waals surface area contributed by atoms with Gasteiger partial charge in [-0.1, -0.05) is 28.1 Å². The molecule has 0 aliphatic heterocycles. The molecule has 0 radical (unpaired) electrons. The quantitative estimate of drug-likeness (QED) is 0.320. The van der Waals surface area contributed by atoms with Crippen molar-refractivity contribution in [3.05, 3.63) is 44.4 Å². The number of esters is 1. The number of ether oxygens (including phenoxy) is 3. The third kappa shape index (κ3) is 4.76. The number of carbonyl (C=O) groups excluding carboxylic acids is 1. The van der Waals surface area contributed by atoms with Crippen LogP contribution in [-0.4, -0.2) is 37.4 Å². The van der Waals surface area contributed by atoms with Crippen molar-refractivity contribution in [2.75, 3.05) is 14.2 Å². The first kappa shape index (κ1) is 17.5. The maximum atomic E-state index is 11.4. The Hall–Kier alpha value is -1.51. The number of rotatable bonds is 7. The van der Waals surface area contributed by atoms with Gasteiger partial charge in [0.05, 0.1) is 0 Å². The Balaban J connectivity index is 3.22. The summed E-state index contributed by atoms with van der Waals surface area (Å²) in [6.07, 6.45) is -2.26. The molecule has 0 fully saturated rings. The second-order valence-electron chi connectivity index (χ2n) is 4.20. The number of halogens is 1. The predicted octanol–water partition coefficient (Wildman–Crippen LogP) is 2.32. The van der Waals surface area contributed by atoms with E-state index in [9.17, 15) is 14.9 Å². The summed E-state index contributed by atoms with van der Waals surface area (Å²) in [5, 5.41) is 11.4. The topological polar surface area (TPSA) is 87.9 Å². The van der Waals surface area contributed by atoms with E-state index in [2.05, 4.69) is 15.9 Å². The normalized spacial score (nSPS) is 13.8. The zero-order valence-corrected chi connectivity index (χ0v) is 13.4. The molecule has 0 heterocycles. The van der Waals surface area contributed by atoms with Crippen molar-refractivity contribution >= 4 is 21.9 Å². The van der Waals surface area contributed by atoms with Crippen LogP contribution in [0.2, 0.25) is 0 Å². The zero-order chi connectivity index (χ0) is 16.0. The van der Waals surface area contributed by atoms with Crippen LogP contribution in [0.4, 0.5) is 0 Å². The first-order valence-electron chi connectivity index (χ1n) is 6.02. The lowest BCUT2D eigenvalue weighted by Crippen LogP contribution is -2.42. The minimum absolute atomic E-state index is 0.481. The number of hydrogen-bond donors (Lipinski definition) is 0. The van der Waals surface area contributed by atoms with Crippen LogP contribution in [0.25, 0.3) is 0 Å². The molecular weight excluding hydrogens is 346 g/mol. The third-order valence-electron chi connectivity index (χ3n) is 2.79. The predicted molar refractivity (Wildman–Crippen MR) is 77.2 cm³/mol. The Morgan fingerprint density at radius 3 is 2.14 bits per heavy atom. The number of methoxy groups -OCH3 is 2. The van der Waals surface area contributed by atoms with Gasteiger partial charge in [0.15, 0.2) is 6.10 Å². The molecule has 7 nitrogen and oxygen atoms in total. The monoisotopic (exact) mass is 361 g/mol. The number of carbonyl (C=O) groups is 1. The molecule has 2 unspecified atom stereocenters. The van der Waals surface area contributed by atoms with Gasteiger partial charge < -0.3 is 14.2 Å². The number of benzene rings is 1. The average Bonchev–Trinajstić information content (AvgIpc) is 2.43. The molecule has 21 heavy (non-hydrogen) atoms. The fourth-order valence-corrected chi connectivity index (χ4v) is 2.16. The van der Waals surface area contributed by atoms with Crippen molar-refractivity contribution in [1.29, 1.82) is 0 Å². The molecule has 2 atom stereocenters. The van der Waals surface area contributed by atoms with Crippen LogP contribution in [-0.2, 0) is 19.0 Å². The van der Waals surface area contributed by atoms with E-state index in [1.165, 1.54) is 21.1 Å². The van der Waals surface area contributed by atoms with E-state index in [4.69, 9.17) is 14.2 Å². The molecule has 0 saturated carbocycles. The van der Waals surface area contributed by atoms with Gasteiger partial charge in [-0.25, -0.2) is 0 Å². The van der Waals surface area contributed by atoms with E-state index in [1.54, 1.807) is 24.3 Å². The number of hydrogen-bond acceptors (Lipinski definition) is 6. The van der Waals surface area contributed by atoms with E-state index in [1.807, 2.05) is 0 Å². The molecule has 1 rings (SSSR count). The van der Waals surface area contributed by atoms with Gasteiger partial charge in [-0.15, -0.1) is 0 Å². The lowest BCUT2D eigenvalue weighted by atomic mass is 10.0. The van der Waals surface area contributed by atoms with Crippen LogP contribution in [0, 0.1) is 10.1 Å². The summed E-state index contributed by atoms with van der Waals surface area (Å²) >= 11 is 3.28. The van der Waals surface area contributed by atoms with Crippen molar-refractivity contribution in [3.63, 3.8) is 0 Å². The first-order chi connectivity index (χ1) is 9.90. The number of nitrogens with zero attached hydrogens (tertiary/aromatic N) is 1. The number of nitro groups is 1. The fraction of sp³-hybridized carbons (Fsp3) is 0.462. The summed E-state index contributed by atoms with van der Waals surface area (Å²) in [5.74, 6) is -0.624. The Kier molecular flexibility index (Phi) is 6.73. The molecule has 0 aromatic heterocycles. The Bertz CT molecular complexity index is 488. The van der Waals surface area contributed by atoms with Gasteiger partial charge in [0.2, 0.25) is 6.29 Å². The molecule has 0 amide bonds. The van der Waals surface area contributed by atoms with Gasteiger partial charge in [0.25, 0.3) is 0 Å². The van der Waals surface area contributed by atoms with Gasteiger partial charge in [-0.3, -0.25) is 14.9 Å². The van der Waals surface area contributed by atoms with Crippen LogP contribution in [0.15, 0.2) is 28.7 Å². The standard InChI is InChI=1S/C13H16BrNO6/c1-8(16)21-12(9-4-6-10(14)7-5-9)11(15(17)18)13(19-2)20-3/h4-7,11-13H,1-3H3. The third-order valence-corrected chi connectivity index (χ3v) is 3.32. The summed E-state index contributed by atoms with van der Waals surface area (Å²) in [5.41, 5.74) is 0.481. The molecule has 0 aliphatic rings. The Morgan fingerprint density at radius 1 is 1.24 bits per heavy atom. The van der Waals surface area contributed by atoms with E-state index in [-0.39, 0.29) is 0 Å². The van der Waals surface area contributed by atoms with Crippen LogP contribution >= 0.6 is 15.9 Å². The molecule has 0 aliphatic carbocycles. The second-order valence-corrected chi connectivity index (χ2v) is 5.11. The maximum absolute atomic E-state index is 11.4. The SMILES string of the molecule is COC(OC)C(C(OC(C)=O)c1ccc(Br)cc1)[N+](=O)[O-]. The van der Waals surface area contributed by atoms with E-state index >= 15 is 0 Å². The van der Waals surface area contributed by atoms with Crippen molar-refractivity contribution in [2.45, 2.75) is 25.4 Å². The van der Waals surface area contributed by atoms with Crippen LogP contribution < -0.4 is 0 Å². The van der Waals surface area contributed by atoms with Gasteiger partial charge in [-0.2, -0.15) is 0 Å². The average molecular weight is 362 g/mol. The molecular formula is C13H16BrNO6. The zero-order valence-electron chi connectivity index (χ0n) is 11.8. The highest BCUT2D eigenvalue weighted by Gasteiger charge is 2.43. The van der Waals surface area contributed by atoms with Gasteiger partial charge >= 0.3 is 12.0 Å². The summed E-state index contributed by atoms with van der Waals surface area (Å²) in [7, 11) is 2.58. The van der Waals surface area contributed by atoms with Crippen molar-refractivity contribution < 1.29 is 23.9 Å². The lowest BCUT2D eigenvalue weighted by molar-refractivity contribution is -0.560. The molecule has 0 N–H and O–H groups in total. The van der Waals surface area contributed by atoms with Gasteiger partial charge in [0, 0.05) is 30.5 Å². The van der Waals surface area contributed by atoms with E-state index in [0.717, 1.165) is 4.47 Å². The second kappa shape index (κ2) is 8.06. The first-order valence-corrected chi connectivity index (χ1v) is 6.81. The van der Waals surface area contributed by atoms with Crippen molar-refractivity contribution in [2.24, 2.45) is 0 Å². The van der Waals surface area contributed by atoms with Crippen molar-refractivity contribution in [3.8, 4) is 0 Å². The highest BCUT2D eigenvalue weighted by Crippen LogP contribution is 2.28. The summed E-state index contributed by atoms with van der Waals surface area (Å²) in [4.78, 5) is 22.1. The minimum Gasteiger partial charge on any atom is -0.450 e. The fourth-order valence-electron chi connectivity index (χ4n) is 1.89. The van der Waals surface area contributed by atoms with Crippen molar-refractivity contribution in [1.82, 2.24) is 0 Å². The maximum Gasteiger partial charge on any atom is 0.303 e.